The molecule has 0 saturated carbocycles. The van der Waals surface area contributed by atoms with E-state index in [2.05, 4.69) is 33.2 Å². The number of aryl methyl sites for hydroxylation is 3. The van der Waals surface area contributed by atoms with Crippen LogP contribution >= 0.6 is 0 Å². The SMILES string of the molecule is COc1ccc(CCc2nc3ncc(C)cc3[nH]2)cc1. The fraction of sp³-hybridized carbons (Fsp3) is 0.250. The van der Waals surface area contributed by atoms with Crippen LogP contribution in [0.5, 0.6) is 5.75 Å². The van der Waals surface area contributed by atoms with Gasteiger partial charge >= 0.3 is 0 Å². The molecule has 0 spiro atoms. The van der Waals surface area contributed by atoms with Crippen LogP contribution in [0.15, 0.2) is 36.5 Å². The second kappa shape index (κ2) is 5.33. The molecule has 4 nitrogen and oxygen atoms in total. The molecule has 0 unspecified atom stereocenters. The molecule has 0 radical (unpaired) electrons. The summed E-state index contributed by atoms with van der Waals surface area (Å²) in [4.78, 5) is 12.2. The normalized spacial score (nSPS) is 10.9. The van der Waals surface area contributed by atoms with Gasteiger partial charge in [0.1, 0.15) is 11.6 Å². The van der Waals surface area contributed by atoms with Crippen LogP contribution in [-0.4, -0.2) is 22.1 Å². The second-order valence-corrected chi connectivity index (χ2v) is 4.92. The lowest BCUT2D eigenvalue weighted by Crippen LogP contribution is -1.93. The first-order valence-electron chi connectivity index (χ1n) is 6.69. The molecule has 4 heteroatoms. The van der Waals surface area contributed by atoms with Gasteiger partial charge in [0.2, 0.25) is 0 Å². The van der Waals surface area contributed by atoms with Gasteiger partial charge in [0.25, 0.3) is 0 Å². The molecule has 1 aromatic carbocycles. The van der Waals surface area contributed by atoms with E-state index in [9.17, 15) is 0 Å². The molecule has 20 heavy (non-hydrogen) atoms. The third-order valence-corrected chi connectivity index (χ3v) is 3.33. The molecule has 0 saturated heterocycles. The van der Waals surface area contributed by atoms with Crippen molar-refractivity contribution in [1.82, 2.24) is 15.0 Å². The van der Waals surface area contributed by atoms with Crippen LogP contribution in [0, 0.1) is 6.92 Å². The first kappa shape index (κ1) is 12.7. The summed E-state index contributed by atoms with van der Waals surface area (Å²) in [5.74, 6) is 1.87. The zero-order valence-electron chi connectivity index (χ0n) is 11.7. The fourth-order valence-corrected chi connectivity index (χ4v) is 2.23. The maximum atomic E-state index is 5.16. The van der Waals surface area contributed by atoms with E-state index < -0.39 is 0 Å². The van der Waals surface area contributed by atoms with E-state index in [-0.39, 0.29) is 0 Å². The number of aromatic nitrogens is 3. The number of aromatic amines is 1. The molecule has 102 valence electrons. The van der Waals surface area contributed by atoms with Gasteiger partial charge < -0.3 is 9.72 Å². The van der Waals surface area contributed by atoms with Gasteiger partial charge in [-0.3, -0.25) is 0 Å². The molecule has 0 aliphatic heterocycles. The van der Waals surface area contributed by atoms with Gasteiger partial charge in [-0.1, -0.05) is 12.1 Å². The van der Waals surface area contributed by atoms with Crippen molar-refractivity contribution in [3.05, 3.63) is 53.5 Å². The van der Waals surface area contributed by atoms with Crippen LogP contribution in [0.4, 0.5) is 0 Å². The lowest BCUT2D eigenvalue weighted by atomic mass is 10.1. The molecule has 0 fully saturated rings. The number of hydrogen-bond donors (Lipinski definition) is 1. The Morgan fingerprint density at radius 3 is 2.70 bits per heavy atom. The average molecular weight is 267 g/mol. The van der Waals surface area contributed by atoms with Crippen molar-refractivity contribution in [2.75, 3.05) is 7.11 Å². The monoisotopic (exact) mass is 267 g/mol. The molecule has 2 aromatic heterocycles. The molecule has 0 aliphatic carbocycles. The Hall–Kier alpha value is -2.36. The summed E-state index contributed by atoms with van der Waals surface area (Å²) in [7, 11) is 1.68. The Balaban J connectivity index is 1.72. The number of methoxy groups -OCH3 is 1. The Morgan fingerprint density at radius 2 is 1.95 bits per heavy atom. The maximum Gasteiger partial charge on any atom is 0.177 e. The van der Waals surface area contributed by atoms with Crippen molar-refractivity contribution in [1.29, 1.82) is 0 Å². The predicted molar refractivity (Wildman–Crippen MR) is 79.0 cm³/mol. The van der Waals surface area contributed by atoms with Gasteiger partial charge in [-0.25, -0.2) is 9.97 Å². The molecule has 0 bridgehead atoms. The van der Waals surface area contributed by atoms with Gasteiger partial charge in [0.05, 0.1) is 12.6 Å². The highest BCUT2D eigenvalue weighted by molar-refractivity contribution is 5.70. The first-order valence-corrected chi connectivity index (χ1v) is 6.69. The van der Waals surface area contributed by atoms with E-state index in [0.717, 1.165) is 41.1 Å². The Kier molecular flexibility index (Phi) is 3.37. The zero-order chi connectivity index (χ0) is 13.9. The minimum atomic E-state index is 0.792. The lowest BCUT2D eigenvalue weighted by molar-refractivity contribution is 0.414. The fourth-order valence-electron chi connectivity index (χ4n) is 2.23. The molecule has 3 aromatic rings. The summed E-state index contributed by atoms with van der Waals surface area (Å²) in [6.45, 7) is 2.03. The number of imidazole rings is 1. The van der Waals surface area contributed by atoms with Crippen molar-refractivity contribution < 1.29 is 4.74 Å². The number of rotatable bonds is 4. The molecule has 0 amide bonds. The van der Waals surface area contributed by atoms with Crippen LogP contribution in [-0.2, 0) is 12.8 Å². The van der Waals surface area contributed by atoms with Gasteiger partial charge in [-0.05, 0) is 42.7 Å². The number of hydrogen-bond acceptors (Lipinski definition) is 3. The Morgan fingerprint density at radius 1 is 1.15 bits per heavy atom. The molecule has 1 N–H and O–H groups in total. The minimum absolute atomic E-state index is 0.792. The highest BCUT2D eigenvalue weighted by Crippen LogP contribution is 2.14. The number of benzene rings is 1. The van der Waals surface area contributed by atoms with E-state index in [4.69, 9.17) is 4.74 Å². The summed E-state index contributed by atoms with van der Waals surface area (Å²) in [5.41, 5.74) is 4.22. The van der Waals surface area contributed by atoms with Gasteiger partial charge in [-0.2, -0.15) is 0 Å². The number of nitrogens with zero attached hydrogens (tertiary/aromatic N) is 2. The lowest BCUT2D eigenvalue weighted by Gasteiger charge is -2.02. The van der Waals surface area contributed by atoms with E-state index in [0.29, 0.717) is 0 Å². The van der Waals surface area contributed by atoms with Crippen LogP contribution in [0.3, 0.4) is 0 Å². The van der Waals surface area contributed by atoms with E-state index in [1.807, 2.05) is 25.3 Å². The highest BCUT2D eigenvalue weighted by atomic mass is 16.5. The molecule has 0 atom stereocenters. The largest absolute Gasteiger partial charge is 0.497 e. The van der Waals surface area contributed by atoms with Gasteiger partial charge in [0, 0.05) is 12.6 Å². The zero-order valence-corrected chi connectivity index (χ0v) is 11.7. The number of H-pyrrole nitrogens is 1. The smallest absolute Gasteiger partial charge is 0.177 e. The Bertz CT molecular complexity index is 716. The predicted octanol–water partition coefficient (Wildman–Crippen LogP) is 3.06. The van der Waals surface area contributed by atoms with Crippen LogP contribution in [0.2, 0.25) is 0 Å². The quantitative estimate of drug-likeness (QED) is 0.790. The molecular weight excluding hydrogens is 250 g/mol. The summed E-state index contributed by atoms with van der Waals surface area (Å²) >= 11 is 0. The number of fused-ring (bicyclic) bond motifs is 1. The Labute approximate surface area is 117 Å². The third kappa shape index (κ3) is 2.64. The highest BCUT2D eigenvalue weighted by Gasteiger charge is 2.04. The standard InChI is InChI=1S/C16H17N3O/c1-11-9-14-16(17-10-11)19-15(18-14)8-5-12-3-6-13(20-2)7-4-12/h3-4,6-7,9-10H,5,8H2,1-2H3,(H,17,18,19). The van der Waals surface area contributed by atoms with Crippen LogP contribution in [0.25, 0.3) is 11.2 Å². The minimum Gasteiger partial charge on any atom is -0.497 e. The van der Waals surface area contributed by atoms with Gasteiger partial charge in [0.15, 0.2) is 5.65 Å². The van der Waals surface area contributed by atoms with E-state index in [1.54, 1.807) is 7.11 Å². The molecule has 0 aliphatic rings. The number of pyridine rings is 1. The summed E-state index contributed by atoms with van der Waals surface area (Å²) in [5, 5.41) is 0. The maximum absolute atomic E-state index is 5.16. The topological polar surface area (TPSA) is 50.8 Å². The van der Waals surface area contributed by atoms with Crippen molar-refractivity contribution in [3.8, 4) is 5.75 Å². The average Bonchev–Trinajstić information content (AvgIpc) is 2.87. The molecular formula is C16H17N3O. The summed E-state index contributed by atoms with van der Waals surface area (Å²) in [6.07, 6.45) is 3.67. The van der Waals surface area contributed by atoms with Crippen molar-refractivity contribution in [2.45, 2.75) is 19.8 Å². The summed E-state index contributed by atoms with van der Waals surface area (Å²) in [6, 6.07) is 10.2. The second-order valence-electron chi connectivity index (χ2n) is 4.92. The molecule has 3 rings (SSSR count). The van der Waals surface area contributed by atoms with E-state index in [1.165, 1.54) is 5.56 Å². The van der Waals surface area contributed by atoms with E-state index >= 15 is 0 Å². The van der Waals surface area contributed by atoms with Crippen LogP contribution in [0.1, 0.15) is 17.0 Å². The summed E-state index contributed by atoms with van der Waals surface area (Å²) < 4.78 is 5.16. The van der Waals surface area contributed by atoms with Crippen molar-refractivity contribution in [3.63, 3.8) is 0 Å². The van der Waals surface area contributed by atoms with Crippen LogP contribution < -0.4 is 4.74 Å². The molecule has 2 heterocycles. The third-order valence-electron chi connectivity index (χ3n) is 3.33. The van der Waals surface area contributed by atoms with Crippen molar-refractivity contribution in [2.24, 2.45) is 0 Å². The first-order chi connectivity index (χ1) is 9.74. The number of ether oxygens (including phenoxy) is 1. The number of nitrogens with one attached hydrogen (secondary N) is 1. The van der Waals surface area contributed by atoms with Crippen molar-refractivity contribution >= 4 is 11.2 Å². The van der Waals surface area contributed by atoms with Gasteiger partial charge in [-0.15, -0.1) is 0 Å².